The number of aromatic hydroxyl groups is 1. The Morgan fingerprint density at radius 3 is 2.14 bits per heavy atom. The second kappa shape index (κ2) is 12.6. The Hall–Kier alpha value is -4.55. The molecule has 5 N–H and O–H groups in total. The maximum atomic E-state index is 12.2. The molecule has 0 aliphatic rings. The van der Waals surface area contributed by atoms with E-state index in [-0.39, 0.29) is 39.2 Å². The number of hydrogen-bond acceptors (Lipinski definition) is 12. The highest BCUT2D eigenvalue weighted by molar-refractivity contribution is 7.86. The summed E-state index contributed by atoms with van der Waals surface area (Å²) in [5.41, 5.74) is 6.99. The number of azo groups is 2. The highest BCUT2D eigenvalue weighted by Crippen LogP contribution is 2.47. The van der Waals surface area contributed by atoms with Crippen molar-refractivity contribution >= 4 is 70.5 Å². The molecule has 17 heteroatoms. The van der Waals surface area contributed by atoms with Gasteiger partial charge >= 0.3 is 0 Å². The number of aryl methyl sites for hydroxylation is 2. The van der Waals surface area contributed by atoms with Crippen LogP contribution in [0.3, 0.4) is 0 Å². The van der Waals surface area contributed by atoms with Crippen LogP contribution in [0, 0.1) is 13.8 Å². The molecule has 4 rings (SSSR count). The molecular weight excluding hydrogens is 635 g/mol. The van der Waals surface area contributed by atoms with E-state index in [0.717, 1.165) is 18.2 Å². The highest BCUT2D eigenvalue weighted by atomic mass is 32.2. The zero-order valence-corrected chi connectivity index (χ0v) is 25.5. The van der Waals surface area contributed by atoms with E-state index < -0.39 is 52.5 Å². The molecule has 1 unspecified atom stereocenters. The zero-order valence-electron chi connectivity index (χ0n) is 23.1. The average Bonchev–Trinajstić information content (AvgIpc) is 2.92. The largest absolute Gasteiger partial charge is 0.505 e. The standard InChI is InChI=1S/C27H25N5O9S3/c1-4-11-42(34)41-19-7-5-18(6-8-19)29-31-25-16(3)12-17-14-22(44(38,39)40)26(27(33)23(17)24(25)28)32-30-21-10-9-20(13-15(21)2)43(35,36)37/h4-10,12-14,33H,1,11,28H2,2-3H3,(H,35,36,37)(H,38,39,40). The van der Waals surface area contributed by atoms with E-state index >= 15 is 0 Å². The molecular formula is C27H25N5O9S3. The van der Waals surface area contributed by atoms with Crippen molar-refractivity contribution in [2.45, 2.75) is 23.6 Å². The third-order valence-electron chi connectivity index (χ3n) is 6.09. The van der Waals surface area contributed by atoms with Crippen molar-refractivity contribution in [1.29, 1.82) is 0 Å². The van der Waals surface area contributed by atoms with E-state index in [9.17, 15) is 35.3 Å². The van der Waals surface area contributed by atoms with Gasteiger partial charge in [0.1, 0.15) is 22.0 Å². The summed E-state index contributed by atoms with van der Waals surface area (Å²) >= 11 is -1.57. The summed E-state index contributed by atoms with van der Waals surface area (Å²) in [5, 5.41) is 27.4. The third-order valence-corrected chi connectivity index (χ3v) is 8.69. The minimum Gasteiger partial charge on any atom is -0.505 e. The lowest BCUT2D eigenvalue weighted by Gasteiger charge is -2.13. The summed E-state index contributed by atoms with van der Waals surface area (Å²) in [4.78, 5) is -1.15. The van der Waals surface area contributed by atoms with E-state index in [2.05, 4.69) is 27.0 Å². The fourth-order valence-electron chi connectivity index (χ4n) is 4.03. The van der Waals surface area contributed by atoms with Crippen LogP contribution in [-0.4, -0.2) is 41.0 Å². The predicted octanol–water partition coefficient (Wildman–Crippen LogP) is 6.30. The van der Waals surface area contributed by atoms with Crippen LogP contribution in [-0.2, 0) is 31.3 Å². The van der Waals surface area contributed by atoms with Crippen LogP contribution in [0.5, 0.6) is 11.5 Å². The molecule has 14 nitrogen and oxygen atoms in total. The fraction of sp³-hybridized carbons (Fsp3) is 0.111. The number of nitrogen functional groups attached to an aromatic ring is 1. The second-order valence-corrected chi connectivity index (χ2v) is 13.2. The van der Waals surface area contributed by atoms with Crippen LogP contribution in [0.2, 0.25) is 0 Å². The van der Waals surface area contributed by atoms with Crippen molar-refractivity contribution in [3.8, 4) is 11.5 Å². The van der Waals surface area contributed by atoms with Gasteiger partial charge in [0.2, 0.25) is 11.1 Å². The number of nitrogens with two attached hydrogens (primary N) is 1. The van der Waals surface area contributed by atoms with Crippen LogP contribution in [0.4, 0.5) is 28.4 Å². The Kier molecular flexibility index (Phi) is 9.26. The molecule has 0 fully saturated rings. The number of anilines is 1. The van der Waals surface area contributed by atoms with Crippen molar-refractivity contribution in [2.75, 3.05) is 11.5 Å². The van der Waals surface area contributed by atoms with Crippen molar-refractivity contribution in [3.63, 3.8) is 0 Å². The van der Waals surface area contributed by atoms with Gasteiger partial charge in [-0.2, -0.15) is 27.1 Å². The van der Waals surface area contributed by atoms with E-state index in [0.29, 0.717) is 17.0 Å². The molecule has 1 atom stereocenters. The molecule has 0 radical (unpaired) electrons. The Balaban J connectivity index is 1.78. The molecule has 230 valence electrons. The molecule has 44 heavy (non-hydrogen) atoms. The summed E-state index contributed by atoms with van der Waals surface area (Å²) in [7, 11) is -9.41. The normalized spacial score (nSPS) is 13.1. The molecule has 4 aromatic rings. The van der Waals surface area contributed by atoms with Crippen LogP contribution in [0.15, 0.2) is 97.5 Å². The second-order valence-electron chi connectivity index (χ2n) is 9.26. The minimum absolute atomic E-state index is 0.0437. The summed E-state index contributed by atoms with van der Waals surface area (Å²) in [5.74, 6) is -0.224. The lowest BCUT2D eigenvalue weighted by Crippen LogP contribution is -2.02. The van der Waals surface area contributed by atoms with Crippen LogP contribution >= 0.6 is 0 Å². The Morgan fingerprint density at radius 1 is 0.886 bits per heavy atom. The monoisotopic (exact) mass is 659 g/mol. The molecule has 0 aromatic heterocycles. The lowest BCUT2D eigenvalue weighted by molar-refractivity contribution is 0.472. The minimum atomic E-state index is -4.93. The number of rotatable bonds is 10. The van der Waals surface area contributed by atoms with E-state index in [1.807, 2.05) is 0 Å². The summed E-state index contributed by atoms with van der Waals surface area (Å²) in [6.45, 7) is 6.60. The third kappa shape index (κ3) is 7.14. The first kappa shape index (κ1) is 32.4. The maximum absolute atomic E-state index is 12.2. The van der Waals surface area contributed by atoms with E-state index in [1.54, 1.807) is 31.2 Å². The van der Waals surface area contributed by atoms with Crippen molar-refractivity contribution in [1.82, 2.24) is 0 Å². The van der Waals surface area contributed by atoms with E-state index in [1.165, 1.54) is 25.1 Å². The van der Waals surface area contributed by atoms with Gasteiger partial charge in [-0.15, -0.1) is 16.8 Å². The van der Waals surface area contributed by atoms with Gasteiger partial charge in [0, 0.05) is 0 Å². The van der Waals surface area contributed by atoms with Gasteiger partial charge in [-0.3, -0.25) is 9.11 Å². The SMILES string of the molecule is C=CCS(=O)Oc1ccc(N=Nc2c(C)cc3cc(S(=O)(=O)O)c(N=Nc4ccc(S(=O)(=O)O)cc4C)c(O)c3c2N)cc1. The Bertz CT molecular complexity index is 2100. The summed E-state index contributed by atoms with van der Waals surface area (Å²) in [6, 6.07) is 12.2. The zero-order chi connectivity index (χ0) is 32.4. The van der Waals surface area contributed by atoms with Gasteiger partial charge in [0.15, 0.2) is 5.75 Å². The van der Waals surface area contributed by atoms with Gasteiger partial charge in [0.25, 0.3) is 20.2 Å². The molecule has 4 aromatic carbocycles. The first-order valence-electron chi connectivity index (χ1n) is 12.4. The van der Waals surface area contributed by atoms with Gasteiger partial charge < -0.3 is 15.0 Å². The quantitative estimate of drug-likeness (QED) is 0.0642. The molecule has 0 saturated heterocycles. The van der Waals surface area contributed by atoms with Gasteiger partial charge in [-0.25, -0.2) is 4.21 Å². The van der Waals surface area contributed by atoms with Crippen LogP contribution < -0.4 is 9.92 Å². The average molecular weight is 660 g/mol. The first-order valence-corrected chi connectivity index (χ1v) is 16.5. The van der Waals surface area contributed by atoms with Gasteiger partial charge in [0.05, 0.1) is 33.1 Å². The number of benzene rings is 4. The lowest BCUT2D eigenvalue weighted by atomic mass is 10.0. The topological polar surface area (TPSA) is 231 Å². The molecule has 0 aliphatic carbocycles. The van der Waals surface area contributed by atoms with Gasteiger partial charge in [-0.1, -0.05) is 6.08 Å². The summed E-state index contributed by atoms with van der Waals surface area (Å²) in [6.07, 6.45) is 1.47. The first-order chi connectivity index (χ1) is 20.6. The molecule has 0 bridgehead atoms. The van der Waals surface area contributed by atoms with Crippen LogP contribution in [0.25, 0.3) is 10.8 Å². The fourth-order valence-corrected chi connectivity index (χ4v) is 5.84. The smallest absolute Gasteiger partial charge is 0.296 e. The van der Waals surface area contributed by atoms with Crippen LogP contribution in [0.1, 0.15) is 11.1 Å². The van der Waals surface area contributed by atoms with E-state index in [4.69, 9.17) is 9.92 Å². The molecule has 0 amide bonds. The van der Waals surface area contributed by atoms with Crippen molar-refractivity contribution in [2.24, 2.45) is 20.5 Å². The Labute approximate surface area is 254 Å². The number of nitrogens with zero attached hydrogens (tertiary/aromatic N) is 4. The maximum Gasteiger partial charge on any atom is 0.296 e. The number of phenolic OH excluding ortho intramolecular Hbond substituents is 1. The number of phenols is 1. The van der Waals surface area contributed by atoms with Gasteiger partial charge in [-0.05, 0) is 85.0 Å². The van der Waals surface area contributed by atoms with Crippen molar-refractivity contribution in [3.05, 3.63) is 78.4 Å². The molecule has 0 aliphatic heterocycles. The molecule has 0 heterocycles. The van der Waals surface area contributed by atoms with Crippen molar-refractivity contribution < 1.29 is 39.4 Å². The molecule has 0 spiro atoms. The predicted molar refractivity (Wildman–Crippen MR) is 164 cm³/mol. The highest BCUT2D eigenvalue weighted by Gasteiger charge is 2.25. The number of fused-ring (bicyclic) bond motifs is 1. The number of hydrogen-bond donors (Lipinski definition) is 4. The Morgan fingerprint density at radius 2 is 1.55 bits per heavy atom. The molecule has 0 saturated carbocycles. The summed E-state index contributed by atoms with van der Waals surface area (Å²) < 4.78 is 83.5.